The van der Waals surface area contributed by atoms with E-state index in [1.165, 1.54) is 24.1 Å². The van der Waals surface area contributed by atoms with E-state index in [9.17, 15) is 26.4 Å². The summed E-state index contributed by atoms with van der Waals surface area (Å²) in [6.07, 6.45) is -3.99. The molecule has 0 radical (unpaired) electrons. The number of nitrogens with zero attached hydrogens (tertiary/aromatic N) is 1. The molecule has 0 bridgehead atoms. The van der Waals surface area contributed by atoms with Crippen molar-refractivity contribution in [3.05, 3.63) is 29.8 Å². The Morgan fingerprint density at radius 3 is 2.39 bits per heavy atom. The third kappa shape index (κ3) is 4.60. The molecule has 2 rings (SSSR count). The maximum Gasteiger partial charge on any atom is 0.416 e. The zero-order valence-corrected chi connectivity index (χ0v) is 13.2. The van der Waals surface area contributed by atoms with E-state index in [0.29, 0.717) is 12.1 Å². The van der Waals surface area contributed by atoms with Gasteiger partial charge in [-0.3, -0.25) is 4.79 Å². The van der Waals surface area contributed by atoms with Gasteiger partial charge in [0, 0.05) is 18.8 Å². The van der Waals surface area contributed by atoms with Crippen LogP contribution in [0.1, 0.15) is 12.0 Å². The van der Waals surface area contributed by atoms with Crippen LogP contribution in [0.5, 0.6) is 0 Å². The van der Waals surface area contributed by atoms with E-state index in [4.69, 9.17) is 0 Å². The maximum absolute atomic E-state index is 12.4. The van der Waals surface area contributed by atoms with Crippen molar-refractivity contribution in [1.82, 2.24) is 4.90 Å². The van der Waals surface area contributed by atoms with Gasteiger partial charge in [-0.15, -0.1) is 0 Å². The van der Waals surface area contributed by atoms with Gasteiger partial charge in [-0.1, -0.05) is 0 Å². The molecule has 0 aliphatic carbocycles. The van der Waals surface area contributed by atoms with Crippen LogP contribution in [0.4, 0.5) is 18.9 Å². The minimum Gasteiger partial charge on any atom is -0.376 e. The number of nitrogens with one attached hydrogen (secondary N) is 1. The number of anilines is 1. The summed E-state index contributed by atoms with van der Waals surface area (Å²) < 4.78 is 60.2. The summed E-state index contributed by atoms with van der Waals surface area (Å²) in [6, 6.07) is 4.01. The Morgan fingerprint density at radius 1 is 1.30 bits per heavy atom. The largest absolute Gasteiger partial charge is 0.416 e. The van der Waals surface area contributed by atoms with Crippen LogP contribution < -0.4 is 5.32 Å². The second-order valence-electron chi connectivity index (χ2n) is 5.49. The maximum atomic E-state index is 12.4. The van der Waals surface area contributed by atoms with Gasteiger partial charge in [0.15, 0.2) is 9.84 Å². The van der Waals surface area contributed by atoms with E-state index in [0.717, 1.165) is 12.1 Å². The van der Waals surface area contributed by atoms with Gasteiger partial charge in [-0.25, -0.2) is 8.42 Å². The minimum absolute atomic E-state index is 0.0461. The van der Waals surface area contributed by atoms with E-state index in [1.54, 1.807) is 0 Å². The van der Waals surface area contributed by atoms with Crippen molar-refractivity contribution < 1.29 is 26.4 Å². The third-order valence-electron chi connectivity index (χ3n) is 3.81. The molecule has 1 aliphatic rings. The Bertz CT molecular complexity index is 672. The van der Waals surface area contributed by atoms with Gasteiger partial charge in [-0.05, 0) is 30.7 Å². The molecule has 0 aromatic heterocycles. The summed E-state index contributed by atoms with van der Waals surface area (Å²) in [5.74, 6) is -0.288. The SMILES string of the molecule is CN(C(=O)CNc1ccc(C(F)(F)F)cc1)C1CCS(=O)(=O)C1. The van der Waals surface area contributed by atoms with Crippen LogP contribution in [-0.4, -0.2) is 50.4 Å². The van der Waals surface area contributed by atoms with Crippen LogP contribution >= 0.6 is 0 Å². The molecule has 128 valence electrons. The van der Waals surface area contributed by atoms with Crippen molar-refractivity contribution >= 4 is 21.4 Å². The summed E-state index contributed by atoms with van der Waals surface area (Å²) >= 11 is 0. The van der Waals surface area contributed by atoms with E-state index < -0.39 is 21.6 Å². The van der Waals surface area contributed by atoms with Gasteiger partial charge >= 0.3 is 6.18 Å². The highest BCUT2D eigenvalue weighted by atomic mass is 32.2. The molecule has 23 heavy (non-hydrogen) atoms. The zero-order chi connectivity index (χ0) is 17.3. The van der Waals surface area contributed by atoms with Crippen LogP contribution in [0, 0.1) is 0 Å². The normalized spacial score (nSPS) is 20.3. The molecule has 1 atom stereocenters. The summed E-state index contributed by atoms with van der Waals surface area (Å²) in [7, 11) is -1.55. The predicted molar refractivity (Wildman–Crippen MR) is 79.8 cm³/mol. The first-order valence-corrected chi connectivity index (χ1v) is 8.78. The van der Waals surface area contributed by atoms with Gasteiger partial charge in [-0.2, -0.15) is 13.2 Å². The number of carbonyl (C=O) groups is 1. The quantitative estimate of drug-likeness (QED) is 0.899. The van der Waals surface area contributed by atoms with E-state index >= 15 is 0 Å². The Hall–Kier alpha value is -1.77. The van der Waals surface area contributed by atoms with Gasteiger partial charge in [0.2, 0.25) is 5.91 Å². The zero-order valence-electron chi connectivity index (χ0n) is 12.4. The topological polar surface area (TPSA) is 66.5 Å². The molecule has 9 heteroatoms. The van der Waals surface area contributed by atoms with Crippen molar-refractivity contribution in [1.29, 1.82) is 0 Å². The molecule has 1 aliphatic heterocycles. The lowest BCUT2D eigenvalue weighted by atomic mass is 10.2. The van der Waals surface area contributed by atoms with Crippen LogP contribution in [0.2, 0.25) is 0 Å². The molecule has 1 aromatic rings. The number of amides is 1. The van der Waals surface area contributed by atoms with Crippen LogP contribution in [0.25, 0.3) is 0 Å². The number of likely N-dealkylation sites (N-methyl/N-ethyl adjacent to an activating group) is 1. The number of alkyl halides is 3. The average Bonchev–Trinajstić information content (AvgIpc) is 2.83. The van der Waals surface area contributed by atoms with E-state index in [-0.39, 0.29) is 30.0 Å². The molecule has 1 amide bonds. The third-order valence-corrected chi connectivity index (χ3v) is 5.56. The molecule has 1 unspecified atom stereocenters. The highest BCUT2D eigenvalue weighted by Crippen LogP contribution is 2.29. The minimum atomic E-state index is -4.40. The lowest BCUT2D eigenvalue weighted by Gasteiger charge is -2.23. The summed E-state index contributed by atoms with van der Waals surface area (Å²) in [4.78, 5) is 13.4. The summed E-state index contributed by atoms with van der Waals surface area (Å²) in [5, 5.41) is 2.74. The average molecular weight is 350 g/mol. The smallest absolute Gasteiger partial charge is 0.376 e. The molecule has 1 N–H and O–H groups in total. The Balaban J connectivity index is 1.89. The van der Waals surface area contributed by atoms with Crippen molar-refractivity contribution in [3.63, 3.8) is 0 Å². The number of hydrogen-bond donors (Lipinski definition) is 1. The fourth-order valence-corrected chi connectivity index (χ4v) is 4.14. The second kappa shape index (κ2) is 6.38. The number of sulfone groups is 1. The monoisotopic (exact) mass is 350 g/mol. The van der Waals surface area contributed by atoms with Crippen LogP contribution in [-0.2, 0) is 20.8 Å². The van der Waals surface area contributed by atoms with Crippen LogP contribution in [0.3, 0.4) is 0 Å². The first-order valence-electron chi connectivity index (χ1n) is 6.96. The van der Waals surface area contributed by atoms with Gasteiger partial charge in [0.25, 0.3) is 0 Å². The predicted octanol–water partition coefficient (Wildman–Crippen LogP) is 1.76. The standard InChI is InChI=1S/C14H17F3N2O3S/c1-19(12-6-7-23(21,22)9-12)13(20)8-18-11-4-2-10(3-5-11)14(15,16)17/h2-5,12,18H,6-9H2,1H3. The lowest BCUT2D eigenvalue weighted by molar-refractivity contribution is -0.137. The van der Waals surface area contributed by atoms with Crippen LogP contribution in [0.15, 0.2) is 24.3 Å². The number of hydrogen-bond acceptors (Lipinski definition) is 4. The van der Waals surface area contributed by atoms with Crippen molar-refractivity contribution in [2.24, 2.45) is 0 Å². The highest BCUT2D eigenvalue weighted by molar-refractivity contribution is 7.91. The van der Waals surface area contributed by atoms with Gasteiger partial charge < -0.3 is 10.2 Å². The summed E-state index contributed by atoms with van der Waals surface area (Å²) in [5.41, 5.74) is -0.374. The lowest BCUT2D eigenvalue weighted by Crippen LogP contribution is -2.40. The van der Waals surface area contributed by atoms with Crippen molar-refractivity contribution in [3.8, 4) is 0 Å². The highest BCUT2D eigenvalue weighted by Gasteiger charge is 2.32. The second-order valence-corrected chi connectivity index (χ2v) is 7.72. The molecular formula is C14H17F3N2O3S. The van der Waals surface area contributed by atoms with Crippen molar-refractivity contribution in [2.45, 2.75) is 18.6 Å². The first-order chi connectivity index (χ1) is 10.6. The van der Waals surface area contributed by atoms with E-state index in [2.05, 4.69) is 5.32 Å². The number of carbonyl (C=O) groups excluding carboxylic acids is 1. The number of benzene rings is 1. The number of halogens is 3. The fourth-order valence-electron chi connectivity index (χ4n) is 2.36. The summed E-state index contributed by atoms with van der Waals surface area (Å²) in [6.45, 7) is -0.113. The molecule has 0 spiro atoms. The first kappa shape index (κ1) is 17.6. The molecule has 0 saturated carbocycles. The fraction of sp³-hybridized carbons (Fsp3) is 0.500. The molecular weight excluding hydrogens is 333 g/mol. The molecule has 5 nitrogen and oxygen atoms in total. The van der Waals surface area contributed by atoms with Crippen molar-refractivity contribution in [2.75, 3.05) is 30.4 Å². The Kier molecular flexibility index (Phi) is 4.88. The Labute approximate surface area is 132 Å². The molecule has 1 saturated heterocycles. The molecule has 1 fully saturated rings. The Morgan fingerprint density at radius 2 is 1.91 bits per heavy atom. The molecule has 1 heterocycles. The number of rotatable bonds is 4. The van der Waals surface area contributed by atoms with Gasteiger partial charge in [0.05, 0.1) is 23.6 Å². The molecule has 1 aromatic carbocycles. The van der Waals surface area contributed by atoms with E-state index in [1.807, 2.05) is 0 Å². The van der Waals surface area contributed by atoms with Gasteiger partial charge in [0.1, 0.15) is 0 Å².